The number of nitrogens with two attached hydrogens (primary N) is 1. The van der Waals surface area contributed by atoms with Crippen LogP contribution in [0.5, 0.6) is 5.75 Å². The average Bonchev–Trinajstić information content (AvgIpc) is 3.07. The summed E-state index contributed by atoms with van der Waals surface area (Å²) in [5.74, 6) is -1.69. The van der Waals surface area contributed by atoms with Gasteiger partial charge < -0.3 is 15.8 Å². The van der Waals surface area contributed by atoms with Gasteiger partial charge in [-0.1, -0.05) is 0 Å². The molecule has 1 atom stereocenters. The zero-order chi connectivity index (χ0) is 14.0. The Labute approximate surface area is 109 Å². The zero-order valence-electron chi connectivity index (χ0n) is 10.6. The van der Waals surface area contributed by atoms with E-state index in [4.69, 9.17) is 10.5 Å². The number of ether oxygens (including phenoxy) is 1. The van der Waals surface area contributed by atoms with Crippen LogP contribution in [0.25, 0.3) is 0 Å². The first kappa shape index (κ1) is 13.7. The van der Waals surface area contributed by atoms with Gasteiger partial charge in [0.2, 0.25) is 5.91 Å². The van der Waals surface area contributed by atoms with E-state index in [1.807, 2.05) is 0 Å². The number of amides is 1. The fourth-order valence-electron chi connectivity index (χ4n) is 1.58. The maximum absolute atomic E-state index is 13.3. The van der Waals surface area contributed by atoms with E-state index in [9.17, 15) is 13.6 Å². The molecule has 0 radical (unpaired) electrons. The van der Waals surface area contributed by atoms with Crippen molar-refractivity contribution < 1.29 is 18.3 Å². The monoisotopic (exact) mass is 270 g/mol. The van der Waals surface area contributed by atoms with Crippen molar-refractivity contribution in [2.45, 2.75) is 31.3 Å². The van der Waals surface area contributed by atoms with E-state index in [2.05, 4.69) is 5.32 Å². The standard InChI is InChI=1S/C13H16F2N2O2/c1-8(17-12(18)13(16)4-5-13)7-19-11-3-2-9(14)6-10(11)15/h2-3,6,8H,4-5,7,16H2,1H3,(H,17,18). The molecule has 0 aromatic heterocycles. The van der Waals surface area contributed by atoms with Crippen LogP contribution in [0, 0.1) is 11.6 Å². The number of hydrogen-bond donors (Lipinski definition) is 2. The summed E-state index contributed by atoms with van der Waals surface area (Å²) in [7, 11) is 0. The van der Waals surface area contributed by atoms with E-state index in [-0.39, 0.29) is 24.3 Å². The highest BCUT2D eigenvalue weighted by Gasteiger charge is 2.46. The molecule has 1 amide bonds. The van der Waals surface area contributed by atoms with E-state index in [0.29, 0.717) is 12.8 Å². The number of nitrogens with one attached hydrogen (secondary N) is 1. The van der Waals surface area contributed by atoms with Crippen LogP contribution >= 0.6 is 0 Å². The lowest BCUT2D eigenvalue weighted by atomic mass is 10.2. The van der Waals surface area contributed by atoms with Gasteiger partial charge >= 0.3 is 0 Å². The fraction of sp³-hybridized carbons (Fsp3) is 0.462. The first-order valence-corrected chi connectivity index (χ1v) is 6.08. The van der Waals surface area contributed by atoms with Crippen LogP contribution in [0.3, 0.4) is 0 Å². The molecule has 0 heterocycles. The van der Waals surface area contributed by atoms with Crippen LogP contribution in [-0.2, 0) is 4.79 Å². The van der Waals surface area contributed by atoms with Crippen LogP contribution < -0.4 is 15.8 Å². The second-order valence-electron chi connectivity index (χ2n) is 4.92. The van der Waals surface area contributed by atoms with Gasteiger partial charge in [0.1, 0.15) is 12.4 Å². The quantitative estimate of drug-likeness (QED) is 0.848. The maximum Gasteiger partial charge on any atom is 0.240 e. The topological polar surface area (TPSA) is 64.3 Å². The van der Waals surface area contributed by atoms with Crippen molar-refractivity contribution in [1.29, 1.82) is 0 Å². The summed E-state index contributed by atoms with van der Waals surface area (Å²) < 4.78 is 31.2. The molecule has 4 nitrogen and oxygen atoms in total. The lowest BCUT2D eigenvalue weighted by Crippen LogP contribution is -2.47. The minimum absolute atomic E-state index is 0.0450. The largest absolute Gasteiger partial charge is 0.488 e. The predicted molar refractivity (Wildman–Crippen MR) is 65.6 cm³/mol. The van der Waals surface area contributed by atoms with Gasteiger partial charge in [0, 0.05) is 6.07 Å². The molecule has 0 aliphatic heterocycles. The molecule has 0 spiro atoms. The smallest absolute Gasteiger partial charge is 0.240 e. The summed E-state index contributed by atoms with van der Waals surface area (Å²) in [6.07, 6.45) is 1.36. The number of benzene rings is 1. The summed E-state index contributed by atoms with van der Waals surface area (Å²) >= 11 is 0. The van der Waals surface area contributed by atoms with E-state index in [1.165, 1.54) is 6.07 Å². The summed E-state index contributed by atoms with van der Waals surface area (Å²) in [5.41, 5.74) is 4.99. The highest BCUT2D eigenvalue weighted by molar-refractivity contribution is 5.89. The van der Waals surface area contributed by atoms with Gasteiger partial charge in [-0.05, 0) is 31.9 Å². The Morgan fingerprint density at radius 2 is 2.21 bits per heavy atom. The molecular formula is C13H16F2N2O2. The minimum Gasteiger partial charge on any atom is -0.488 e. The Kier molecular flexibility index (Phi) is 3.71. The Bertz CT molecular complexity index is 490. The van der Waals surface area contributed by atoms with Gasteiger partial charge in [0.15, 0.2) is 11.6 Å². The molecule has 1 aliphatic rings. The Hall–Kier alpha value is -1.69. The van der Waals surface area contributed by atoms with Crippen LogP contribution in [0.15, 0.2) is 18.2 Å². The third-order valence-corrected chi connectivity index (χ3v) is 3.00. The van der Waals surface area contributed by atoms with E-state index >= 15 is 0 Å². The van der Waals surface area contributed by atoms with Crippen molar-refractivity contribution in [3.05, 3.63) is 29.8 Å². The van der Waals surface area contributed by atoms with Crippen molar-refractivity contribution in [3.8, 4) is 5.75 Å². The first-order valence-electron chi connectivity index (χ1n) is 6.08. The lowest BCUT2D eigenvalue weighted by Gasteiger charge is -2.17. The molecule has 104 valence electrons. The van der Waals surface area contributed by atoms with Gasteiger partial charge in [-0.3, -0.25) is 4.79 Å². The third kappa shape index (κ3) is 3.41. The fourth-order valence-corrected chi connectivity index (χ4v) is 1.58. The lowest BCUT2D eigenvalue weighted by molar-refractivity contribution is -0.124. The summed E-state index contributed by atoms with van der Waals surface area (Å²) in [5, 5.41) is 2.70. The van der Waals surface area contributed by atoms with Crippen molar-refractivity contribution in [3.63, 3.8) is 0 Å². The highest BCUT2D eigenvalue weighted by atomic mass is 19.1. The SMILES string of the molecule is CC(COc1ccc(F)cc1F)NC(=O)C1(N)CC1. The molecule has 1 aromatic carbocycles. The number of carbonyl (C=O) groups excluding carboxylic acids is 1. The molecule has 1 aliphatic carbocycles. The summed E-state index contributed by atoms with van der Waals surface area (Å²) in [6.45, 7) is 1.81. The number of halogens is 2. The van der Waals surface area contributed by atoms with Crippen LogP contribution in [0.2, 0.25) is 0 Å². The van der Waals surface area contributed by atoms with Gasteiger partial charge in [-0.2, -0.15) is 0 Å². The first-order chi connectivity index (χ1) is 8.90. The Balaban J connectivity index is 1.83. The van der Waals surface area contributed by atoms with E-state index in [0.717, 1.165) is 12.1 Å². The summed E-state index contributed by atoms with van der Waals surface area (Å²) in [6, 6.07) is 2.76. The molecule has 1 fully saturated rings. The zero-order valence-corrected chi connectivity index (χ0v) is 10.6. The second kappa shape index (κ2) is 5.13. The molecule has 6 heteroatoms. The van der Waals surface area contributed by atoms with Gasteiger partial charge in [0.05, 0.1) is 11.6 Å². The molecule has 1 saturated carbocycles. The van der Waals surface area contributed by atoms with Crippen molar-refractivity contribution in [2.75, 3.05) is 6.61 Å². The molecule has 3 N–H and O–H groups in total. The molecule has 1 unspecified atom stereocenters. The average molecular weight is 270 g/mol. The van der Waals surface area contributed by atoms with Crippen molar-refractivity contribution >= 4 is 5.91 Å². The van der Waals surface area contributed by atoms with Crippen LogP contribution in [0.4, 0.5) is 8.78 Å². The van der Waals surface area contributed by atoms with E-state index < -0.39 is 17.2 Å². The van der Waals surface area contributed by atoms with Gasteiger partial charge in [-0.15, -0.1) is 0 Å². The molecule has 0 bridgehead atoms. The molecular weight excluding hydrogens is 254 g/mol. The molecule has 0 saturated heterocycles. The van der Waals surface area contributed by atoms with E-state index in [1.54, 1.807) is 6.92 Å². The maximum atomic E-state index is 13.3. The third-order valence-electron chi connectivity index (χ3n) is 3.00. The normalized spacial score (nSPS) is 17.7. The minimum atomic E-state index is -0.768. The number of rotatable bonds is 5. The Morgan fingerprint density at radius 1 is 1.53 bits per heavy atom. The number of carbonyl (C=O) groups is 1. The molecule has 2 rings (SSSR count). The van der Waals surface area contributed by atoms with Crippen LogP contribution in [0.1, 0.15) is 19.8 Å². The van der Waals surface area contributed by atoms with Crippen molar-refractivity contribution in [2.24, 2.45) is 5.73 Å². The molecule has 19 heavy (non-hydrogen) atoms. The number of hydrogen-bond acceptors (Lipinski definition) is 3. The van der Waals surface area contributed by atoms with Crippen molar-refractivity contribution in [1.82, 2.24) is 5.32 Å². The van der Waals surface area contributed by atoms with Crippen LogP contribution in [-0.4, -0.2) is 24.1 Å². The second-order valence-corrected chi connectivity index (χ2v) is 4.92. The van der Waals surface area contributed by atoms with Gasteiger partial charge in [-0.25, -0.2) is 8.78 Å². The predicted octanol–water partition coefficient (Wildman–Crippen LogP) is 1.34. The van der Waals surface area contributed by atoms with Gasteiger partial charge in [0.25, 0.3) is 0 Å². The molecule has 1 aromatic rings. The summed E-state index contributed by atoms with van der Waals surface area (Å²) in [4.78, 5) is 11.6. The Morgan fingerprint density at radius 3 is 2.79 bits per heavy atom. The highest BCUT2D eigenvalue weighted by Crippen LogP contribution is 2.32.